The molecule has 0 amide bonds. The van der Waals surface area contributed by atoms with E-state index >= 15 is 0 Å². The van der Waals surface area contributed by atoms with Crippen molar-refractivity contribution in [1.82, 2.24) is 14.9 Å². The molecular weight excluding hydrogens is 458 g/mol. The van der Waals surface area contributed by atoms with E-state index in [1.54, 1.807) is 17.5 Å². The van der Waals surface area contributed by atoms with Crippen molar-refractivity contribution < 1.29 is 9.47 Å². The molecule has 3 aromatic rings. The number of thiazole rings is 1. The smallest absolute Gasteiger partial charge is 0.188 e. The second-order valence-corrected chi connectivity index (χ2v) is 10.6. The fourth-order valence-corrected chi connectivity index (χ4v) is 5.37. The SMILES string of the molecule is CC(C)Cc1cc(OCc2ccccn2)c2c(c1)C(Nc1ncc(CN3CCOCC3)s1)=NCC2. The minimum absolute atomic E-state index is 0.454. The molecule has 1 saturated heterocycles. The Morgan fingerprint density at radius 2 is 2.06 bits per heavy atom. The number of nitrogens with zero attached hydrogens (tertiary/aromatic N) is 4. The zero-order valence-corrected chi connectivity index (χ0v) is 21.3. The summed E-state index contributed by atoms with van der Waals surface area (Å²) in [6.07, 6.45) is 5.63. The molecule has 0 atom stereocenters. The quantitative estimate of drug-likeness (QED) is 0.498. The highest BCUT2D eigenvalue weighted by molar-refractivity contribution is 7.15. The molecule has 1 fully saturated rings. The van der Waals surface area contributed by atoms with Gasteiger partial charge in [-0.15, -0.1) is 11.3 Å². The first-order chi connectivity index (χ1) is 17.1. The van der Waals surface area contributed by atoms with Gasteiger partial charge in [0.2, 0.25) is 0 Å². The van der Waals surface area contributed by atoms with Gasteiger partial charge in [0.05, 0.1) is 18.9 Å². The van der Waals surface area contributed by atoms with E-state index in [0.29, 0.717) is 12.5 Å². The summed E-state index contributed by atoms with van der Waals surface area (Å²) in [4.78, 5) is 17.6. The predicted octanol–water partition coefficient (Wildman–Crippen LogP) is 4.56. The van der Waals surface area contributed by atoms with Crippen molar-refractivity contribution in [3.8, 4) is 5.75 Å². The number of ether oxygens (including phenoxy) is 2. The van der Waals surface area contributed by atoms with Crippen LogP contribution in [0.3, 0.4) is 0 Å². The number of nitrogens with one attached hydrogen (secondary N) is 1. The van der Waals surface area contributed by atoms with Crippen LogP contribution in [0.4, 0.5) is 5.13 Å². The molecular formula is C27H33N5O2S. The Morgan fingerprint density at radius 1 is 1.17 bits per heavy atom. The van der Waals surface area contributed by atoms with Crippen LogP contribution in [0.1, 0.15) is 41.1 Å². The Bertz CT molecular complexity index is 1160. The van der Waals surface area contributed by atoms with Gasteiger partial charge in [0.25, 0.3) is 0 Å². The zero-order chi connectivity index (χ0) is 24.0. The third-order valence-corrected chi connectivity index (χ3v) is 7.06. The molecule has 2 aromatic heterocycles. The molecule has 0 spiro atoms. The highest BCUT2D eigenvalue weighted by atomic mass is 32.1. The van der Waals surface area contributed by atoms with E-state index < -0.39 is 0 Å². The lowest BCUT2D eigenvalue weighted by atomic mass is 9.93. The summed E-state index contributed by atoms with van der Waals surface area (Å²) in [5.41, 5.74) is 4.51. The van der Waals surface area contributed by atoms with E-state index in [1.165, 1.54) is 16.0 Å². The van der Waals surface area contributed by atoms with Crippen LogP contribution in [0, 0.1) is 5.92 Å². The largest absolute Gasteiger partial charge is 0.487 e. The maximum absolute atomic E-state index is 6.33. The van der Waals surface area contributed by atoms with Gasteiger partial charge >= 0.3 is 0 Å². The summed E-state index contributed by atoms with van der Waals surface area (Å²) in [5.74, 6) is 2.37. The molecule has 0 radical (unpaired) electrons. The molecule has 1 aromatic carbocycles. The number of morpholine rings is 1. The molecule has 2 aliphatic rings. The molecule has 8 heteroatoms. The highest BCUT2D eigenvalue weighted by Gasteiger charge is 2.22. The zero-order valence-electron chi connectivity index (χ0n) is 20.5. The van der Waals surface area contributed by atoms with Crippen LogP contribution < -0.4 is 10.1 Å². The summed E-state index contributed by atoms with van der Waals surface area (Å²) in [7, 11) is 0. The average Bonchev–Trinajstić information content (AvgIpc) is 3.30. The van der Waals surface area contributed by atoms with Crippen LogP contribution in [0.5, 0.6) is 5.75 Å². The number of amidine groups is 1. The minimum Gasteiger partial charge on any atom is -0.487 e. The number of hydrogen-bond acceptors (Lipinski definition) is 8. The number of rotatable bonds is 8. The number of aliphatic imine (C=N–C) groups is 1. The van der Waals surface area contributed by atoms with Gasteiger partial charge in [-0.25, -0.2) is 4.98 Å². The molecule has 7 nitrogen and oxygen atoms in total. The van der Waals surface area contributed by atoms with E-state index in [1.807, 2.05) is 24.4 Å². The summed E-state index contributed by atoms with van der Waals surface area (Å²) >= 11 is 1.70. The van der Waals surface area contributed by atoms with Gasteiger partial charge in [-0.3, -0.25) is 14.9 Å². The van der Waals surface area contributed by atoms with Crippen LogP contribution in [-0.4, -0.2) is 53.6 Å². The molecule has 2 aliphatic heterocycles. The Kier molecular flexibility index (Phi) is 7.71. The maximum Gasteiger partial charge on any atom is 0.188 e. The van der Waals surface area contributed by atoms with E-state index in [4.69, 9.17) is 14.5 Å². The van der Waals surface area contributed by atoms with Gasteiger partial charge in [-0.1, -0.05) is 19.9 Å². The number of anilines is 1. The number of aromatic nitrogens is 2. The van der Waals surface area contributed by atoms with Gasteiger partial charge in [0.1, 0.15) is 18.2 Å². The second kappa shape index (κ2) is 11.3. The molecule has 0 aliphatic carbocycles. The van der Waals surface area contributed by atoms with E-state index in [0.717, 1.165) is 80.2 Å². The lowest BCUT2D eigenvalue weighted by Gasteiger charge is -2.25. The first-order valence-electron chi connectivity index (χ1n) is 12.4. The normalized spacial score (nSPS) is 16.1. The van der Waals surface area contributed by atoms with E-state index in [2.05, 4.69) is 46.2 Å². The van der Waals surface area contributed by atoms with Crippen molar-refractivity contribution in [3.63, 3.8) is 0 Å². The van der Waals surface area contributed by atoms with Crippen molar-refractivity contribution in [2.24, 2.45) is 10.9 Å². The fourth-order valence-electron chi connectivity index (χ4n) is 4.52. The fraction of sp³-hybridized carbons (Fsp3) is 0.444. The minimum atomic E-state index is 0.454. The molecule has 35 heavy (non-hydrogen) atoms. The Morgan fingerprint density at radius 3 is 2.86 bits per heavy atom. The Balaban J connectivity index is 1.36. The van der Waals surface area contributed by atoms with Crippen molar-refractivity contribution in [1.29, 1.82) is 0 Å². The number of pyridine rings is 1. The van der Waals surface area contributed by atoms with Gasteiger partial charge in [0, 0.05) is 54.6 Å². The predicted molar refractivity (Wildman–Crippen MR) is 140 cm³/mol. The molecule has 4 heterocycles. The molecule has 0 unspecified atom stereocenters. The standard InChI is InChI=1S/C27H33N5O2S/c1-19(2)13-20-14-24-23(25(15-20)34-18-21-5-3-4-7-28-21)6-8-29-26(24)31-27-30-16-22(35-27)17-32-9-11-33-12-10-32/h3-5,7,14-16,19H,6,8-13,17-18H2,1-2H3,(H,29,30,31). The third-order valence-electron chi connectivity index (χ3n) is 6.16. The molecule has 0 bridgehead atoms. The van der Waals surface area contributed by atoms with Crippen molar-refractivity contribution >= 4 is 22.3 Å². The molecule has 0 saturated carbocycles. The Hall–Kier alpha value is -2.81. The van der Waals surface area contributed by atoms with Crippen molar-refractivity contribution in [2.45, 2.75) is 39.8 Å². The average molecular weight is 492 g/mol. The lowest BCUT2D eigenvalue weighted by molar-refractivity contribution is 0.0346. The lowest BCUT2D eigenvalue weighted by Crippen LogP contribution is -2.35. The summed E-state index contributed by atoms with van der Waals surface area (Å²) in [6.45, 7) is 10.1. The molecule has 184 valence electrons. The first kappa shape index (κ1) is 23.9. The number of benzene rings is 1. The van der Waals surface area contributed by atoms with Crippen LogP contribution in [0.15, 0.2) is 47.7 Å². The molecule has 1 N–H and O–H groups in total. The van der Waals surface area contributed by atoms with E-state index in [-0.39, 0.29) is 0 Å². The van der Waals surface area contributed by atoms with Crippen LogP contribution in [0.25, 0.3) is 0 Å². The highest BCUT2D eigenvalue weighted by Crippen LogP contribution is 2.31. The Labute approximate surface area is 211 Å². The van der Waals surface area contributed by atoms with Crippen LogP contribution >= 0.6 is 11.3 Å². The van der Waals surface area contributed by atoms with Crippen molar-refractivity contribution in [3.05, 3.63) is 70.0 Å². The van der Waals surface area contributed by atoms with Gasteiger partial charge < -0.3 is 14.8 Å². The summed E-state index contributed by atoms with van der Waals surface area (Å²) in [5, 5.41) is 4.40. The van der Waals surface area contributed by atoms with Crippen LogP contribution in [0.2, 0.25) is 0 Å². The van der Waals surface area contributed by atoms with E-state index in [9.17, 15) is 0 Å². The summed E-state index contributed by atoms with van der Waals surface area (Å²) < 4.78 is 11.8. The maximum atomic E-state index is 6.33. The first-order valence-corrected chi connectivity index (χ1v) is 13.2. The monoisotopic (exact) mass is 491 g/mol. The second-order valence-electron chi connectivity index (χ2n) is 9.45. The number of fused-ring (bicyclic) bond motifs is 1. The summed E-state index contributed by atoms with van der Waals surface area (Å²) in [6, 6.07) is 10.4. The topological polar surface area (TPSA) is 71.9 Å². The van der Waals surface area contributed by atoms with Gasteiger partial charge in [-0.2, -0.15) is 0 Å². The molecule has 5 rings (SSSR count). The van der Waals surface area contributed by atoms with Gasteiger partial charge in [-0.05, 0) is 48.6 Å². The van der Waals surface area contributed by atoms with Gasteiger partial charge in [0.15, 0.2) is 5.13 Å². The third kappa shape index (κ3) is 6.25. The van der Waals surface area contributed by atoms with Crippen molar-refractivity contribution in [2.75, 3.05) is 38.2 Å². The van der Waals surface area contributed by atoms with Crippen LogP contribution in [-0.2, 0) is 30.7 Å². The number of hydrogen-bond donors (Lipinski definition) is 1.